The van der Waals surface area contributed by atoms with E-state index in [1.165, 1.54) is 18.2 Å². The maximum absolute atomic E-state index is 11.7. The molecular formula is C10H10ClF3N2O2. The van der Waals surface area contributed by atoms with Crippen LogP contribution in [0.5, 0.6) is 5.75 Å². The Morgan fingerprint density at radius 1 is 1.39 bits per heavy atom. The molecule has 4 nitrogen and oxygen atoms in total. The number of nitrogens with one attached hydrogen (secondary N) is 1. The largest absolute Gasteiger partial charge is 0.467 e. The zero-order valence-electron chi connectivity index (χ0n) is 9.05. The second-order valence-corrected chi connectivity index (χ2v) is 3.69. The van der Waals surface area contributed by atoms with Crippen molar-refractivity contribution < 1.29 is 22.6 Å². The minimum absolute atomic E-state index is 0.177. The fourth-order valence-electron chi connectivity index (χ4n) is 1.07. The van der Waals surface area contributed by atoms with Gasteiger partial charge in [-0.3, -0.25) is 5.41 Å². The summed E-state index contributed by atoms with van der Waals surface area (Å²) in [7, 11) is 0. The highest BCUT2D eigenvalue weighted by Crippen LogP contribution is 2.22. The van der Waals surface area contributed by atoms with Crippen LogP contribution in [0.3, 0.4) is 0 Å². The molecule has 0 saturated carbocycles. The fraction of sp³-hybridized carbons (Fsp3) is 0.300. The molecule has 0 aliphatic heterocycles. The third kappa shape index (κ3) is 4.80. The lowest BCUT2D eigenvalue weighted by atomic mass is 10.2. The van der Waals surface area contributed by atoms with Crippen LogP contribution in [0.2, 0.25) is 5.02 Å². The van der Waals surface area contributed by atoms with Gasteiger partial charge in [-0.2, -0.15) is 13.2 Å². The van der Waals surface area contributed by atoms with Crippen LogP contribution in [-0.4, -0.2) is 25.4 Å². The molecule has 3 N–H and O–H groups in total. The Bertz CT molecular complexity index is 438. The summed E-state index contributed by atoms with van der Waals surface area (Å²) in [5.41, 5.74) is 5.56. The first-order valence-electron chi connectivity index (χ1n) is 4.71. The van der Waals surface area contributed by atoms with Crippen LogP contribution in [0.25, 0.3) is 0 Å². The van der Waals surface area contributed by atoms with Crippen LogP contribution in [0, 0.1) is 5.41 Å². The van der Waals surface area contributed by atoms with Gasteiger partial charge in [0.25, 0.3) is 0 Å². The highest BCUT2D eigenvalue weighted by molar-refractivity contribution is 6.34. The van der Waals surface area contributed by atoms with Crippen molar-refractivity contribution in [1.29, 1.82) is 5.41 Å². The molecule has 0 aromatic heterocycles. The number of hydrogen-bond donors (Lipinski definition) is 2. The second kappa shape index (κ2) is 5.92. The predicted molar refractivity (Wildman–Crippen MR) is 60.0 cm³/mol. The molecule has 0 saturated heterocycles. The highest BCUT2D eigenvalue weighted by Gasteiger charge is 2.27. The molecule has 0 fully saturated rings. The standard InChI is InChI=1S/C10H10ClF3N2O2/c11-8-3-6(1-2-7(8)9(15)16)18-5-17-4-10(12,13)14/h1-3H,4-5H2,(H3,15,16). The number of nitrogens with two attached hydrogens (primary N) is 1. The van der Waals surface area contributed by atoms with Crippen molar-refractivity contribution in [2.75, 3.05) is 13.4 Å². The number of amidine groups is 1. The Kier molecular flexibility index (Phi) is 4.80. The van der Waals surface area contributed by atoms with E-state index in [1.807, 2.05) is 0 Å². The summed E-state index contributed by atoms with van der Waals surface area (Å²) in [6.07, 6.45) is -4.39. The summed E-state index contributed by atoms with van der Waals surface area (Å²) in [5, 5.41) is 7.36. The molecule has 0 unspecified atom stereocenters. The number of alkyl halides is 3. The molecule has 0 radical (unpaired) electrons. The molecule has 1 aromatic carbocycles. The van der Waals surface area contributed by atoms with E-state index in [0.717, 1.165) is 0 Å². The molecule has 1 rings (SSSR count). The van der Waals surface area contributed by atoms with Crippen molar-refractivity contribution in [2.24, 2.45) is 5.73 Å². The van der Waals surface area contributed by atoms with Crippen molar-refractivity contribution in [3.05, 3.63) is 28.8 Å². The molecule has 100 valence electrons. The van der Waals surface area contributed by atoms with E-state index >= 15 is 0 Å². The summed E-state index contributed by atoms with van der Waals surface area (Å²) in [5.74, 6) is 0.0204. The normalized spacial score (nSPS) is 11.3. The van der Waals surface area contributed by atoms with Gasteiger partial charge >= 0.3 is 6.18 Å². The van der Waals surface area contributed by atoms with Gasteiger partial charge in [-0.25, -0.2) is 0 Å². The molecule has 0 aliphatic carbocycles. The third-order valence-corrected chi connectivity index (χ3v) is 2.12. The fourth-order valence-corrected chi connectivity index (χ4v) is 1.34. The van der Waals surface area contributed by atoms with Gasteiger partial charge in [0.15, 0.2) is 6.79 Å². The number of benzene rings is 1. The van der Waals surface area contributed by atoms with Crippen molar-refractivity contribution in [3.8, 4) is 5.75 Å². The minimum atomic E-state index is -4.39. The molecule has 0 bridgehead atoms. The first-order valence-corrected chi connectivity index (χ1v) is 5.08. The minimum Gasteiger partial charge on any atom is -0.467 e. The number of ether oxygens (including phenoxy) is 2. The first kappa shape index (κ1) is 14.6. The number of rotatable bonds is 5. The molecular weight excluding hydrogens is 273 g/mol. The molecule has 0 heterocycles. The predicted octanol–water partition coefficient (Wildman–Crippen LogP) is 2.54. The summed E-state index contributed by atoms with van der Waals surface area (Å²) in [4.78, 5) is 0. The Balaban J connectivity index is 2.49. The van der Waals surface area contributed by atoms with Gasteiger partial charge < -0.3 is 15.2 Å². The van der Waals surface area contributed by atoms with Gasteiger partial charge in [0.1, 0.15) is 18.2 Å². The van der Waals surface area contributed by atoms with Gasteiger partial charge in [0.2, 0.25) is 0 Å². The Morgan fingerprint density at radius 2 is 2.06 bits per heavy atom. The number of nitrogen functional groups attached to an aromatic ring is 1. The average Bonchev–Trinajstić information content (AvgIpc) is 2.22. The Hall–Kier alpha value is -1.47. The van der Waals surface area contributed by atoms with Crippen LogP contribution >= 0.6 is 11.6 Å². The van der Waals surface area contributed by atoms with Crippen LogP contribution in [0.4, 0.5) is 13.2 Å². The smallest absolute Gasteiger partial charge is 0.411 e. The zero-order valence-corrected chi connectivity index (χ0v) is 9.81. The SMILES string of the molecule is N=C(N)c1ccc(OCOCC(F)(F)F)cc1Cl. The molecule has 8 heteroatoms. The zero-order chi connectivity index (χ0) is 13.8. The molecule has 18 heavy (non-hydrogen) atoms. The maximum atomic E-state index is 11.7. The average molecular weight is 283 g/mol. The Morgan fingerprint density at radius 3 is 2.56 bits per heavy atom. The topological polar surface area (TPSA) is 68.3 Å². The summed E-state index contributed by atoms with van der Waals surface area (Å²) < 4.78 is 44.4. The van der Waals surface area contributed by atoms with Gasteiger partial charge in [-0.05, 0) is 18.2 Å². The van der Waals surface area contributed by atoms with Crippen molar-refractivity contribution in [3.63, 3.8) is 0 Å². The Labute approximate surface area is 106 Å². The van der Waals surface area contributed by atoms with E-state index in [0.29, 0.717) is 5.56 Å². The number of halogens is 4. The summed E-state index contributed by atoms with van der Waals surface area (Å²) in [6, 6.07) is 4.21. The van der Waals surface area contributed by atoms with Crippen LogP contribution in [-0.2, 0) is 4.74 Å². The van der Waals surface area contributed by atoms with Gasteiger partial charge in [-0.15, -0.1) is 0 Å². The van der Waals surface area contributed by atoms with Gasteiger partial charge in [0, 0.05) is 5.56 Å². The molecule has 0 amide bonds. The quantitative estimate of drug-likeness (QED) is 0.377. The van der Waals surface area contributed by atoms with Crippen LogP contribution < -0.4 is 10.5 Å². The first-order chi connectivity index (χ1) is 8.29. The van der Waals surface area contributed by atoms with E-state index in [9.17, 15) is 13.2 Å². The highest BCUT2D eigenvalue weighted by atomic mass is 35.5. The molecule has 0 atom stereocenters. The number of hydrogen-bond acceptors (Lipinski definition) is 3. The lowest BCUT2D eigenvalue weighted by Crippen LogP contribution is -2.19. The van der Waals surface area contributed by atoms with E-state index in [4.69, 9.17) is 27.5 Å². The van der Waals surface area contributed by atoms with Crippen molar-refractivity contribution in [1.82, 2.24) is 0 Å². The summed E-state index contributed by atoms with van der Waals surface area (Å²) in [6.45, 7) is -1.93. The van der Waals surface area contributed by atoms with Gasteiger partial charge in [-0.1, -0.05) is 11.6 Å². The monoisotopic (exact) mass is 282 g/mol. The van der Waals surface area contributed by atoms with E-state index in [-0.39, 0.29) is 16.6 Å². The van der Waals surface area contributed by atoms with Gasteiger partial charge in [0.05, 0.1) is 5.02 Å². The lowest BCUT2D eigenvalue weighted by Gasteiger charge is -2.10. The third-order valence-electron chi connectivity index (χ3n) is 1.81. The second-order valence-electron chi connectivity index (χ2n) is 3.28. The molecule has 0 aliphatic rings. The van der Waals surface area contributed by atoms with Crippen molar-refractivity contribution >= 4 is 17.4 Å². The van der Waals surface area contributed by atoms with E-state index in [2.05, 4.69) is 4.74 Å². The van der Waals surface area contributed by atoms with E-state index < -0.39 is 19.6 Å². The summed E-state index contributed by atoms with van der Waals surface area (Å²) >= 11 is 5.79. The van der Waals surface area contributed by atoms with Crippen molar-refractivity contribution in [2.45, 2.75) is 6.18 Å². The molecule has 1 aromatic rings. The lowest BCUT2D eigenvalue weighted by molar-refractivity contribution is -0.186. The van der Waals surface area contributed by atoms with Crippen LogP contribution in [0.1, 0.15) is 5.56 Å². The molecule has 0 spiro atoms. The van der Waals surface area contributed by atoms with Crippen LogP contribution in [0.15, 0.2) is 18.2 Å². The maximum Gasteiger partial charge on any atom is 0.411 e. The van der Waals surface area contributed by atoms with E-state index in [1.54, 1.807) is 0 Å².